The van der Waals surface area contributed by atoms with Gasteiger partial charge in [-0.3, -0.25) is 0 Å². The van der Waals surface area contributed by atoms with Crippen LogP contribution in [0.3, 0.4) is 0 Å². The van der Waals surface area contributed by atoms with Gasteiger partial charge in [-0.2, -0.15) is 0 Å². The van der Waals surface area contributed by atoms with E-state index in [0.717, 1.165) is 24.1 Å². The number of hydrogen-bond acceptors (Lipinski definition) is 1. The lowest BCUT2D eigenvalue weighted by Gasteiger charge is -2.34. The van der Waals surface area contributed by atoms with Gasteiger partial charge in [0.1, 0.15) is 11.6 Å². The Morgan fingerprint density at radius 2 is 1.67 bits per heavy atom. The standard InChI is InChI=1S/C18H27F2N/c1-3-13-5-7-15(8-6-13)18(21-4-2)11-14-9-16(19)12-17(20)10-14/h9-10,12-13,15,18,21H,3-8,11H2,1-2H3. The van der Waals surface area contributed by atoms with Gasteiger partial charge in [0.15, 0.2) is 0 Å². The number of hydrogen-bond donors (Lipinski definition) is 1. The molecule has 1 aromatic carbocycles. The summed E-state index contributed by atoms with van der Waals surface area (Å²) in [7, 11) is 0. The van der Waals surface area contributed by atoms with Crippen LogP contribution in [0, 0.1) is 23.5 Å². The van der Waals surface area contributed by atoms with Gasteiger partial charge in [-0.25, -0.2) is 8.78 Å². The molecule has 1 atom stereocenters. The average Bonchev–Trinajstić information content (AvgIpc) is 2.46. The maximum Gasteiger partial charge on any atom is 0.126 e. The van der Waals surface area contributed by atoms with E-state index >= 15 is 0 Å². The summed E-state index contributed by atoms with van der Waals surface area (Å²) in [4.78, 5) is 0. The zero-order valence-electron chi connectivity index (χ0n) is 13.2. The Bertz CT molecular complexity index is 419. The molecule has 1 aliphatic carbocycles. The molecule has 0 amide bonds. The van der Waals surface area contributed by atoms with Gasteiger partial charge in [-0.05, 0) is 55.3 Å². The van der Waals surface area contributed by atoms with Gasteiger partial charge in [-0.15, -0.1) is 0 Å². The second-order valence-electron chi connectivity index (χ2n) is 6.34. The third-order valence-corrected chi connectivity index (χ3v) is 4.88. The van der Waals surface area contributed by atoms with Crippen LogP contribution < -0.4 is 5.32 Å². The predicted molar refractivity (Wildman–Crippen MR) is 83.3 cm³/mol. The molecular weight excluding hydrogens is 268 g/mol. The second kappa shape index (κ2) is 7.88. The fraction of sp³-hybridized carbons (Fsp3) is 0.667. The van der Waals surface area contributed by atoms with Crippen LogP contribution in [0.25, 0.3) is 0 Å². The van der Waals surface area contributed by atoms with E-state index in [1.807, 2.05) is 0 Å². The minimum Gasteiger partial charge on any atom is -0.314 e. The largest absolute Gasteiger partial charge is 0.314 e. The van der Waals surface area contributed by atoms with Gasteiger partial charge in [0.25, 0.3) is 0 Å². The third-order valence-electron chi connectivity index (χ3n) is 4.88. The van der Waals surface area contributed by atoms with E-state index in [0.29, 0.717) is 18.4 Å². The topological polar surface area (TPSA) is 12.0 Å². The molecule has 0 aliphatic heterocycles. The Balaban J connectivity index is 2.01. The highest BCUT2D eigenvalue weighted by Crippen LogP contribution is 2.33. The molecule has 1 saturated carbocycles. The molecule has 2 rings (SSSR count). The third kappa shape index (κ3) is 4.77. The van der Waals surface area contributed by atoms with Crippen LogP contribution in [0.2, 0.25) is 0 Å². The summed E-state index contributed by atoms with van der Waals surface area (Å²) in [5.41, 5.74) is 0.760. The van der Waals surface area contributed by atoms with E-state index in [1.54, 1.807) is 0 Å². The van der Waals surface area contributed by atoms with Gasteiger partial charge < -0.3 is 5.32 Å². The highest BCUT2D eigenvalue weighted by molar-refractivity contribution is 5.19. The van der Waals surface area contributed by atoms with Crippen molar-refractivity contribution in [1.29, 1.82) is 0 Å². The maximum absolute atomic E-state index is 13.3. The monoisotopic (exact) mass is 295 g/mol. The number of benzene rings is 1. The van der Waals surface area contributed by atoms with Crippen molar-refractivity contribution in [3.63, 3.8) is 0 Å². The van der Waals surface area contributed by atoms with Crippen molar-refractivity contribution in [2.45, 2.75) is 58.4 Å². The smallest absolute Gasteiger partial charge is 0.126 e. The molecule has 1 unspecified atom stereocenters. The highest BCUT2D eigenvalue weighted by atomic mass is 19.1. The zero-order chi connectivity index (χ0) is 15.2. The zero-order valence-corrected chi connectivity index (χ0v) is 13.2. The molecule has 1 fully saturated rings. The van der Waals surface area contributed by atoms with Gasteiger partial charge in [0, 0.05) is 12.1 Å². The first kappa shape index (κ1) is 16.4. The molecule has 0 spiro atoms. The Hall–Kier alpha value is -0.960. The predicted octanol–water partition coefficient (Wildman–Crippen LogP) is 4.70. The van der Waals surface area contributed by atoms with E-state index in [2.05, 4.69) is 19.2 Å². The molecular formula is C18H27F2N. The lowest BCUT2D eigenvalue weighted by atomic mass is 9.76. The van der Waals surface area contributed by atoms with Crippen LogP contribution in [0.1, 0.15) is 51.5 Å². The number of nitrogens with one attached hydrogen (secondary N) is 1. The van der Waals surface area contributed by atoms with Gasteiger partial charge in [-0.1, -0.05) is 33.1 Å². The Morgan fingerprint density at radius 3 is 2.19 bits per heavy atom. The van der Waals surface area contributed by atoms with Crippen LogP contribution in [-0.2, 0) is 6.42 Å². The van der Waals surface area contributed by atoms with E-state index in [4.69, 9.17) is 0 Å². The van der Waals surface area contributed by atoms with E-state index < -0.39 is 11.6 Å². The van der Waals surface area contributed by atoms with Crippen molar-refractivity contribution in [3.05, 3.63) is 35.4 Å². The summed E-state index contributed by atoms with van der Waals surface area (Å²) in [5, 5.41) is 3.53. The molecule has 21 heavy (non-hydrogen) atoms. The van der Waals surface area contributed by atoms with Crippen molar-refractivity contribution in [1.82, 2.24) is 5.32 Å². The molecule has 1 N–H and O–H groups in total. The van der Waals surface area contributed by atoms with Crippen molar-refractivity contribution < 1.29 is 8.78 Å². The fourth-order valence-electron chi connectivity index (χ4n) is 3.65. The fourth-order valence-corrected chi connectivity index (χ4v) is 3.65. The van der Waals surface area contributed by atoms with E-state index in [9.17, 15) is 8.78 Å². The van der Waals surface area contributed by atoms with Gasteiger partial charge >= 0.3 is 0 Å². The second-order valence-corrected chi connectivity index (χ2v) is 6.34. The molecule has 118 valence electrons. The summed E-state index contributed by atoms with van der Waals surface area (Å²) in [5.74, 6) is 0.541. The van der Waals surface area contributed by atoms with Crippen molar-refractivity contribution in [2.75, 3.05) is 6.54 Å². The number of rotatable bonds is 6. The van der Waals surface area contributed by atoms with Crippen LogP contribution >= 0.6 is 0 Å². The molecule has 3 heteroatoms. The van der Waals surface area contributed by atoms with Crippen LogP contribution in [0.5, 0.6) is 0 Å². The molecule has 0 aromatic heterocycles. The molecule has 0 radical (unpaired) electrons. The maximum atomic E-state index is 13.3. The average molecular weight is 295 g/mol. The quantitative estimate of drug-likeness (QED) is 0.802. The highest BCUT2D eigenvalue weighted by Gasteiger charge is 2.26. The summed E-state index contributed by atoms with van der Waals surface area (Å²) in [6.45, 7) is 5.26. The molecule has 1 nitrogen and oxygen atoms in total. The van der Waals surface area contributed by atoms with Crippen molar-refractivity contribution in [2.24, 2.45) is 11.8 Å². The minimum atomic E-state index is -0.477. The Kier molecular flexibility index (Phi) is 6.16. The van der Waals surface area contributed by atoms with Crippen LogP contribution in [-0.4, -0.2) is 12.6 Å². The summed E-state index contributed by atoms with van der Waals surface area (Å²) in [6.07, 6.45) is 7.03. The molecule has 1 aromatic rings. The van der Waals surface area contributed by atoms with Gasteiger partial charge in [0.05, 0.1) is 0 Å². The molecule has 0 saturated heterocycles. The van der Waals surface area contributed by atoms with E-state index in [1.165, 1.54) is 44.2 Å². The first-order chi connectivity index (χ1) is 10.1. The lowest BCUT2D eigenvalue weighted by molar-refractivity contribution is 0.218. The Labute approximate surface area is 127 Å². The number of likely N-dealkylation sites (N-methyl/N-ethyl adjacent to an activating group) is 1. The summed E-state index contributed by atoms with van der Waals surface area (Å²) in [6, 6.07) is 4.20. The van der Waals surface area contributed by atoms with Crippen LogP contribution in [0.4, 0.5) is 8.78 Å². The van der Waals surface area contributed by atoms with Crippen molar-refractivity contribution >= 4 is 0 Å². The minimum absolute atomic E-state index is 0.328. The molecule has 0 bridgehead atoms. The normalized spacial score (nSPS) is 24.0. The Morgan fingerprint density at radius 1 is 1.05 bits per heavy atom. The SMILES string of the molecule is CCNC(Cc1cc(F)cc(F)c1)C1CCC(CC)CC1. The molecule has 0 heterocycles. The van der Waals surface area contributed by atoms with Crippen LogP contribution in [0.15, 0.2) is 18.2 Å². The van der Waals surface area contributed by atoms with E-state index in [-0.39, 0.29) is 0 Å². The number of halogens is 2. The first-order valence-electron chi connectivity index (χ1n) is 8.30. The van der Waals surface area contributed by atoms with Crippen molar-refractivity contribution in [3.8, 4) is 0 Å². The first-order valence-corrected chi connectivity index (χ1v) is 8.30. The lowest BCUT2D eigenvalue weighted by Crippen LogP contribution is -2.39. The molecule has 1 aliphatic rings. The summed E-state index contributed by atoms with van der Waals surface area (Å²) >= 11 is 0. The van der Waals surface area contributed by atoms with Gasteiger partial charge in [0.2, 0.25) is 0 Å². The summed E-state index contributed by atoms with van der Waals surface area (Å²) < 4.78 is 26.7.